The normalized spacial score (nSPS) is 13.4. The van der Waals surface area contributed by atoms with Crippen molar-refractivity contribution in [3.05, 3.63) is 59.2 Å². The third-order valence-electron chi connectivity index (χ3n) is 3.87. The van der Waals surface area contributed by atoms with Gasteiger partial charge in [0.05, 0.1) is 0 Å². The fraction of sp³-hybridized carbons (Fsp3) is 0.294. The highest BCUT2D eigenvalue weighted by atomic mass is 15.1. The number of rotatable bonds is 1. The summed E-state index contributed by atoms with van der Waals surface area (Å²) in [6, 6.07) is 15.6. The molecular formula is C17H19N. The molecule has 3 rings (SSSR count). The molecule has 0 saturated carbocycles. The van der Waals surface area contributed by atoms with E-state index in [-0.39, 0.29) is 0 Å². The second kappa shape index (κ2) is 4.16. The predicted molar refractivity (Wildman–Crippen MR) is 77.8 cm³/mol. The van der Waals surface area contributed by atoms with Gasteiger partial charge < -0.3 is 4.90 Å². The lowest BCUT2D eigenvalue weighted by Gasteiger charge is -2.30. The number of fused-ring (bicyclic) bond motifs is 2. The number of nitrogens with zero attached hydrogens (tertiary/aromatic N) is 1. The van der Waals surface area contributed by atoms with E-state index in [1.54, 1.807) is 0 Å². The summed E-state index contributed by atoms with van der Waals surface area (Å²) >= 11 is 0. The average Bonchev–Trinajstić information content (AvgIpc) is 2.38. The van der Waals surface area contributed by atoms with E-state index in [0.717, 1.165) is 6.42 Å². The molecule has 0 N–H and O–H groups in total. The van der Waals surface area contributed by atoms with Crippen molar-refractivity contribution >= 4 is 11.4 Å². The number of para-hydroxylation sites is 1. The van der Waals surface area contributed by atoms with Crippen LogP contribution in [0, 0.1) is 0 Å². The van der Waals surface area contributed by atoms with Crippen molar-refractivity contribution in [1.29, 1.82) is 0 Å². The molecule has 18 heavy (non-hydrogen) atoms. The molecule has 0 aliphatic carbocycles. The maximum absolute atomic E-state index is 2.34. The maximum Gasteiger partial charge on any atom is 0.0447 e. The SMILES string of the molecule is CC(C)c1ccc2c(c1)N(C)c1ccccc1C2. The van der Waals surface area contributed by atoms with Crippen molar-refractivity contribution in [2.24, 2.45) is 0 Å². The Balaban J connectivity index is 2.11. The van der Waals surface area contributed by atoms with E-state index in [9.17, 15) is 0 Å². The molecule has 0 bridgehead atoms. The lowest BCUT2D eigenvalue weighted by molar-refractivity contribution is 0.863. The minimum absolute atomic E-state index is 0.584. The predicted octanol–water partition coefficient (Wildman–Crippen LogP) is 4.48. The highest BCUT2D eigenvalue weighted by Crippen LogP contribution is 2.38. The highest BCUT2D eigenvalue weighted by Gasteiger charge is 2.19. The smallest absolute Gasteiger partial charge is 0.0447 e. The molecule has 1 aliphatic heterocycles. The summed E-state index contributed by atoms with van der Waals surface area (Å²) in [6.45, 7) is 4.50. The molecule has 1 aliphatic rings. The molecule has 0 saturated heterocycles. The largest absolute Gasteiger partial charge is 0.344 e. The summed E-state index contributed by atoms with van der Waals surface area (Å²) in [6.07, 6.45) is 1.05. The van der Waals surface area contributed by atoms with Gasteiger partial charge in [0.1, 0.15) is 0 Å². The summed E-state index contributed by atoms with van der Waals surface area (Å²) in [4.78, 5) is 2.32. The molecule has 0 unspecified atom stereocenters. The zero-order chi connectivity index (χ0) is 12.7. The van der Waals surface area contributed by atoms with Crippen LogP contribution in [0.2, 0.25) is 0 Å². The molecule has 1 nitrogen and oxygen atoms in total. The average molecular weight is 237 g/mol. The third-order valence-corrected chi connectivity index (χ3v) is 3.87. The summed E-state index contributed by atoms with van der Waals surface area (Å²) in [7, 11) is 2.17. The maximum atomic E-state index is 2.34. The molecule has 0 atom stereocenters. The zero-order valence-electron chi connectivity index (χ0n) is 11.3. The molecule has 0 amide bonds. The lowest BCUT2D eigenvalue weighted by atomic mass is 9.92. The minimum Gasteiger partial charge on any atom is -0.344 e. The summed E-state index contributed by atoms with van der Waals surface area (Å²) in [5.74, 6) is 0.584. The van der Waals surface area contributed by atoms with Crippen LogP contribution in [0.4, 0.5) is 11.4 Å². The standard InChI is InChI=1S/C17H19N/c1-12(2)13-8-9-15-10-14-6-4-5-7-16(14)18(3)17(15)11-13/h4-9,11-12H,10H2,1-3H3. The third kappa shape index (κ3) is 1.71. The molecule has 92 valence electrons. The first-order valence-electron chi connectivity index (χ1n) is 6.61. The van der Waals surface area contributed by atoms with Gasteiger partial charge in [-0.25, -0.2) is 0 Å². The van der Waals surface area contributed by atoms with Gasteiger partial charge in [-0.2, -0.15) is 0 Å². The fourth-order valence-electron chi connectivity index (χ4n) is 2.72. The highest BCUT2D eigenvalue weighted by molar-refractivity contribution is 5.74. The second-order valence-corrected chi connectivity index (χ2v) is 5.41. The first-order chi connectivity index (χ1) is 8.66. The van der Waals surface area contributed by atoms with Crippen molar-refractivity contribution in [3.8, 4) is 0 Å². The van der Waals surface area contributed by atoms with Crippen LogP contribution in [-0.4, -0.2) is 7.05 Å². The Morgan fingerprint density at radius 3 is 2.44 bits per heavy atom. The van der Waals surface area contributed by atoms with Gasteiger partial charge in [-0.05, 0) is 34.7 Å². The van der Waals surface area contributed by atoms with E-state index in [1.807, 2.05) is 0 Å². The van der Waals surface area contributed by atoms with Gasteiger partial charge in [0.2, 0.25) is 0 Å². The van der Waals surface area contributed by atoms with E-state index in [0.29, 0.717) is 5.92 Å². The number of benzene rings is 2. The molecule has 0 aromatic heterocycles. The number of hydrogen-bond acceptors (Lipinski definition) is 1. The van der Waals surface area contributed by atoms with Crippen LogP contribution >= 0.6 is 0 Å². The molecule has 1 heteroatoms. The zero-order valence-corrected chi connectivity index (χ0v) is 11.3. The van der Waals surface area contributed by atoms with Gasteiger partial charge in [0.15, 0.2) is 0 Å². The lowest BCUT2D eigenvalue weighted by Crippen LogP contribution is -2.18. The van der Waals surface area contributed by atoms with Crippen molar-refractivity contribution < 1.29 is 0 Å². The van der Waals surface area contributed by atoms with Crippen molar-refractivity contribution in [3.63, 3.8) is 0 Å². The van der Waals surface area contributed by atoms with Crippen molar-refractivity contribution in [2.45, 2.75) is 26.2 Å². The van der Waals surface area contributed by atoms with Gasteiger partial charge in [0.25, 0.3) is 0 Å². The van der Waals surface area contributed by atoms with Crippen LogP contribution in [0.15, 0.2) is 42.5 Å². The molecular weight excluding hydrogens is 218 g/mol. The Bertz CT molecular complexity index is 584. The summed E-state index contributed by atoms with van der Waals surface area (Å²) in [5.41, 5.74) is 6.97. The Kier molecular flexibility index (Phi) is 2.62. The van der Waals surface area contributed by atoms with E-state index in [4.69, 9.17) is 0 Å². The fourth-order valence-corrected chi connectivity index (χ4v) is 2.72. The van der Waals surface area contributed by atoms with E-state index in [1.165, 1.54) is 28.1 Å². The first-order valence-corrected chi connectivity index (χ1v) is 6.61. The van der Waals surface area contributed by atoms with Crippen LogP contribution in [0.25, 0.3) is 0 Å². The molecule has 1 heterocycles. The van der Waals surface area contributed by atoms with Crippen LogP contribution in [0.3, 0.4) is 0 Å². The Labute approximate surface area is 109 Å². The molecule has 0 fully saturated rings. The molecule has 0 radical (unpaired) electrons. The van der Waals surface area contributed by atoms with Crippen molar-refractivity contribution in [1.82, 2.24) is 0 Å². The van der Waals surface area contributed by atoms with Gasteiger partial charge >= 0.3 is 0 Å². The Morgan fingerprint density at radius 2 is 1.67 bits per heavy atom. The van der Waals surface area contributed by atoms with Gasteiger partial charge in [0, 0.05) is 24.8 Å². The van der Waals surface area contributed by atoms with Crippen molar-refractivity contribution in [2.75, 3.05) is 11.9 Å². The summed E-state index contributed by atoms with van der Waals surface area (Å²) < 4.78 is 0. The molecule has 0 spiro atoms. The van der Waals surface area contributed by atoms with Gasteiger partial charge in [-0.3, -0.25) is 0 Å². The quantitative estimate of drug-likeness (QED) is 0.706. The minimum atomic E-state index is 0.584. The van der Waals surface area contributed by atoms with E-state index >= 15 is 0 Å². The van der Waals surface area contributed by atoms with E-state index in [2.05, 4.69) is 68.3 Å². The molecule has 2 aromatic rings. The van der Waals surface area contributed by atoms with Gasteiger partial charge in [-0.1, -0.05) is 44.2 Å². The monoisotopic (exact) mass is 237 g/mol. The van der Waals surface area contributed by atoms with Gasteiger partial charge in [-0.15, -0.1) is 0 Å². The number of anilines is 2. The van der Waals surface area contributed by atoms with Crippen LogP contribution in [0.1, 0.15) is 36.5 Å². The Hall–Kier alpha value is -1.76. The van der Waals surface area contributed by atoms with Crippen LogP contribution < -0.4 is 4.90 Å². The van der Waals surface area contributed by atoms with E-state index < -0.39 is 0 Å². The second-order valence-electron chi connectivity index (χ2n) is 5.41. The van der Waals surface area contributed by atoms with Crippen LogP contribution in [0.5, 0.6) is 0 Å². The summed E-state index contributed by atoms with van der Waals surface area (Å²) in [5, 5.41) is 0. The number of hydrogen-bond donors (Lipinski definition) is 0. The molecule has 2 aromatic carbocycles. The van der Waals surface area contributed by atoms with Crippen LogP contribution in [-0.2, 0) is 6.42 Å². The Morgan fingerprint density at radius 1 is 0.944 bits per heavy atom. The topological polar surface area (TPSA) is 3.24 Å². The first kappa shape index (κ1) is 11.3.